The summed E-state index contributed by atoms with van der Waals surface area (Å²) < 4.78 is 0. The summed E-state index contributed by atoms with van der Waals surface area (Å²) >= 11 is 0. The van der Waals surface area contributed by atoms with Gasteiger partial charge in [-0.3, -0.25) is 14.6 Å². The third kappa shape index (κ3) is 5.17. The van der Waals surface area contributed by atoms with Crippen molar-refractivity contribution < 1.29 is 9.59 Å². The lowest BCUT2D eigenvalue weighted by molar-refractivity contribution is 0.0749. The minimum absolute atomic E-state index is 0.0569. The maximum absolute atomic E-state index is 12.5. The molecule has 1 N–H and O–H groups in total. The first-order valence-electron chi connectivity index (χ1n) is 7.55. The van der Waals surface area contributed by atoms with Crippen molar-refractivity contribution in [1.29, 1.82) is 0 Å². The topological polar surface area (TPSA) is 62.3 Å². The molecule has 2 amide bonds. The Morgan fingerprint density at radius 2 is 1.86 bits per heavy atom. The van der Waals surface area contributed by atoms with Crippen molar-refractivity contribution >= 4 is 11.8 Å². The first-order valence-corrected chi connectivity index (χ1v) is 7.55. The zero-order chi connectivity index (χ0) is 15.8. The van der Waals surface area contributed by atoms with Crippen molar-refractivity contribution in [2.45, 2.75) is 46.6 Å². The van der Waals surface area contributed by atoms with E-state index in [2.05, 4.69) is 10.3 Å². The fourth-order valence-corrected chi connectivity index (χ4v) is 2.05. The van der Waals surface area contributed by atoms with Gasteiger partial charge in [0.2, 0.25) is 0 Å². The van der Waals surface area contributed by atoms with E-state index in [1.54, 1.807) is 17.0 Å². The highest BCUT2D eigenvalue weighted by Gasteiger charge is 2.17. The van der Waals surface area contributed by atoms with Crippen LogP contribution in [0.3, 0.4) is 0 Å². The number of nitrogens with one attached hydrogen (secondary N) is 1. The zero-order valence-electron chi connectivity index (χ0n) is 13.3. The molecule has 0 unspecified atom stereocenters. The van der Waals surface area contributed by atoms with Gasteiger partial charge in [-0.2, -0.15) is 0 Å². The predicted octanol–water partition coefficient (Wildman–Crippen LogP) is 2.48. The van der Waals surface area contributed by atoms with E-state index in [4.69, 9.17) is 0 Å². The molecule has 0 saturated heterocycles. The van der Waals surface area contributed by atoms with E-state index in [1.165, 1.54) is 6.20 Å². The van der Waals surface area contributed by atoms with Crippen molar-refractivity contribution in [3.63, 3.8) is 0 Å². The van der Waals surface area contributed by atoms with Crippen molar-refractivity contribution in [1.82, 2.24) is 15.2 Å². The van der Waals surface area contributed by atoms with Gasteiger partial charge in [0, 0.05) is 30.9 Å². The Hall–Kier alpha value is -1.91. The number of hydrogen-bond donors (Lipinski definition) is 1. The molecule has 1 rings (SSSR count). The van der Waals surface area contributed by atoms with Gasteiger partial charge in [0.25, 0.3) is 11.8 Å². The van der Waals surface area contributed by atoms with Crippen LogP contribution in [0, 0.1) is 0 Å². The van der Waals surface area contributed by atoms with E-state index in [-0.39, 0.29) is 17.9 Å². The van der Waals surface area contributed by atoms with Gasteiger partial charge in [0.15, 0.2) is 0 Å². The molecule has 0 aliphatic rings. The lowest BCUT2D eigenvalue weighted by Gasteiger charge is -2.21. The van der Waals surface area contributed by atoms with Gasteiger partial charge in [0.1, 0.15) is 5.69 Å². The maximum atomic E-state index is 12.5. The van der Waals surface area contributed by atoms with Crippen LogP contribution in [0.15, 0.2) is 18.3 Å². The van der Waals surface area contributed by atoms with Gasteiger partial charge in [-0.05, 0) is 38.8 Å². The third-order valence-corrected chi connectivity index (χ3v) is 2.94. The van der Waals surface area contributed by atoms with Crippen LogP contribution in [-0.2, 0) is 0 Å². The van der Waals surface area contributed by atoms with Crippen LogP contribution < -0.4 is 5.32 Å². The second-order valence-corrected chi connectivity index (χ2v) is 5.35. The molecule has 0 fully saturated rings. The number of nitrogens with zero attached hydrogens (tertiary/aromatic N) is 2. The average Bonchev–Trinajstić information content (AvgIpc) is 2.45. The number of amides is 2. The Morgan fingerprint density at radius 1 is 1.24 bits per heavy atom. The molecule has 0 aromatic carbocycles. The molecule has 21 heavy (non-hydrogen) atoms. The minimum atomic E-state index is -0.181. The Kier molecular flexibility index (Phi) is 6.85. The molecule has 5 nitrogen and oxygen atoms in total. The predicted molar refractivity (Wildman–Crippen MR) is 83.3 cm³/mol. The Morgan fingerprint density at radius 3 is 2.38 bits per heavy atom. The van der Waals surface area contributed by atoms with Crippen LogP contribution in [0.5, 0.6) is 0 Å². The lowest BCUT2D eigenvalue weighted by Crippen LogP contribution is -2.34. The van der Waals surface area contributed by atoms with Crippen LogP contribution in [0.4, 0.5) is 0 Å². The summed E-state index contributed by atoms with van der Waals surface area (Å²) in [6, 6.07) is 3.25. The molecular weight excluding hydrogens is 266 g/mol. The molecule has 1 heterocycles. The average molecular weight is 291 g/mol. The van der Waals surface area contributed by atoms with Crippen molar-refractivity contribution in [3.8, 4) is 0 Å². The zero-order valence-corrected chi connectivity index (χ0v) is 13.3. The summed E-state index contributed by atoms with van der Waals surface area (Å²) in [4.78, 5) is 30.3. The number of rotatable bonds is 7. The molecule has 0 saturated carbocycles. The Balaban J connectivity index is 2.92. The number of carbonyl (C=O) groups is 2. The smallest absolute Gasteiger partial charge is 0.272 e. The van der Waals surface area contributed by atoms with Gasteiger partial charge in [-0.1, -0.05) is 13.8 Å². The summed E-state index contributed by atoms with van der Waals surface area (Å²) in [6.45, 7) is 9.28. The van der Waals surface area contributed by atoms with Crippen molar-refractivity contribution in [2.75, 3.05) is 13.1 Å². The van der Waals surface area contributed by atoms with E-state index in [0.717, 1.165) is 12.8 Å². The van der Waals surface area contributed by atoms with Gasteiger partial charge in [-0.25, -0.2) is 0 Å². The lowest BCUT2D eigenvalue weighted by atomic mass is 10.2. The highest BCUT2D eigenvalue weighted by Crippen LogP contribution is 2.07. The van der Waals surface area contributed by atoms with Crippen molar-refractivity contribution in [2.24, 2.45) is 0 Å². The third-order valence-electron chi connectivity index (χ3n) is 2.94. The number of carbonyl (C=O) groups excluding carboxylic acids is 2. The van der Waals surface area contributed by atoms with Crippen molar-refractivity contribution in [3.05, 3.63) is 29.6 Å². The van der Waals surface area contributed by atoms with Crippen LogP contribution in [-0.4, -0.2) is 40.8 Å². The summed E-state index contributed by atoms with van der Waals surface area (Å²) in [6.07, 6.45) is 3.32. The first kappa shape index (κ1) is 17.1. The summed E-state index contributed by atoms with van der Waals surface area (Å²) in [7, 11) is 0. The molecule has 5 heteroatoms. The quantitative estimate of drug-likeness (QED) is 0.839. The van der Waals surface area contributed by atoms with Crippen LogP contribution in [0.25, 0.3) is 0 Å². The highest BCUT2D eigenvalue weighted by atomic mass is 16.2. The number of hydrogen-bond acceptors (Lipinski definition) is 3. The monoisotopic (exact) mass is 291 g/mol. The summed E-state index contributed by atoms with van der Waals surface area (Å²) in [5.74, 6) is -0.295. The number of pyridine rings is 1. The second-order valence-electron chi connectivity index (χ2n) is 5.35. The molecular formula is C16H25N3O2. The Labute approximate surface area is 126 Å². The molecule has 0 radical (unpaired) electrons. The standard InChI is InChI=1S/C16H25N3O2/c1-5-9-19(10-6-2)16(21)14-11-13(7-8-17-14)15(20)18-12(3)4/h7-8,11-12H,5-6,9-10H2,1-4H3,(H,18,20). The van der Waals surface area contributed by atoms with E-state index in [9.17, 15) is 9.59 Å². The second kappa shape index (κ2) is 8.39. The van der Waals surface area contributed by atoms with Crippen LogP contribution in [0.1, 0.15) is 61.4 Å². The molecule has 1 aromatic heterocycles. The maximum Gasteiger partial charge on any atom is 0.272 e. The van der Waals surface area contributed by atoms with E-state index >= 15 is 0 Å². The van der Waals surface area contributed by atoms with Gasteiger partial charge in [0.05, 0.1) is 0 Å². The Bertz CT molecular complexity index is 480. The molecule has 0 bridgehead atoms. The highest BCUT2D eigenvalue weighted by molar-refractivity contribution is 5.98. The van der Waals surface area contributed by atoms with E-state index in [1.807, 2.05) is 27.7 Å². The van der Waals surface area contributed by atoms with E-state index < -0.39 is 0 Å². The SMILES string of the molecule is CCCN(CCC)C(=O)c1cc(C(=O)NC(C)C)ccn1. The summed E-state index contributed by atoms with van der Waals surface area (Å²) in [5, 5.41) is 2.81. The molecule has 0 atom stereocenters. The van der Waals surface area contributed by atoms with Gasteiger partial charge in [-0.15, -0.1) is 0 Å². The first-order chi connectivity index (χ1) is 9.99. The van der Waals surface area contributed by atoms with Gasteiger partial charge < -0.3 is 10.2 Å². The molecule has 1 aromatic rings. The minimum Gasteiger partial charge on any atom is -0.350 e. The molecule has 116 valence electrons. The van der Waals surface area contributed by atoms with E-state index in [0.29, 0.717) is 24.3 Å². The van der Waals surface area contributed by atoms with Crippen LogP contribution >= 0.6 is 0 Å². The van der Waals surface area contributed by atoms with Gasteiger partial charge >= 0.3 is 0 Å². The fraction of sp³-hybridized carbons (Fsp3) is 0.562. The number of aromatic nitrogens is 1. The summed E-state index contributed by atoms with van der Waals surface area (Å²) in [5.41, 5.74) is 0.795. The largest absolute Gasteiger partial charge is 0.350 e. The fourth-order valence-electron chi connectivity index (χ4n) is 2.05. The molecule has 0 spiro atoms. The normalized spacial score (nSPS) is 10.5. The van der Waals surface area contributed by atoms with Crippen LogP contribution in [0.2, 0.25) is 0 Å². The molecule has 0 aliphatic heterocycles. The molecule has 0 aliphatic carbocycles.